The van der Waals surface area contributed by atoms with Gasteiger partial charge in [0.15, 0.2) is 6.61 Å². The lowest BCUT2D eigenvalue weighted by atomic mass is 10.1. The van der Waals surface area contributed by atoms with Gasteiger partial charge in [0.2, 0.25) is 0 Å². The van der Waals surface area contributed by atoms with Crippen LogP contribution in [0.5, 0.6) is 0 Å². The molecule has 4 nitrogen and oxygen atoms in total. The highest BCUT2D eigenvalue weighted by molar-refractivity contribution is 6.30. The Bertz CT molecular complexity index is 764. The fraction of sp³-hybridized carbons (Fsp3) is 0.222. The second-order valence-corrected chi connectivity index (χ2v) is 5.82. The number of benzene rings is 2. The highest BCUT2D eigenvalue weighted by Crippen LogP contribution is 2.17. The topological polar surface area (TPSA) is 55.4 Å². The fourth-order valence-corrected chi connectivity index (χ4v) is 2.28. The van der Waals surface area contributed by atoms with Gasteiger partial charge in [-0.1, -0.05) is 29.8 Å². The molecule has 0 radical (unpaired) electrons. The zero-order valence-corrected chi connectivity index (χ0v) is 14.1. The van der Waals surface area contributed by atoms with Gasteiger partial charge in [0.25, 0.3) is 5.91 Å². The number of rotatable bonds is 5. The van der Waals surface area contributed by atoms with E-state index in [1.165, 1.54) is 12.1 Å². The third-order valence-electron chi connectivity index (χ3n) is 3.47. The van der Waals surface area contributed by atoms with E-state index < -0.39 is 24.3 Å². The first-order valence-corrected chi connectivity index (χ1v) is 7.72. The van der Waals surface area contributed by atoms with E-state index >= 15 is 0 Å². The van der Waals surface area contributed by atoms with Gasteiger partial charge in [-0.2, -0.15) is 0 Å². The average Bonchev–Trinajstić information content (AvgIpc) is 2.55. The van der Waals surface area contributed by atoms with Gasteiger partial charge in [0, 0.05) is 5.02 Å². The number of amides is 1. The summed E-state index contributed by atoms with van der Waals surface area (Å²) in [6.07, 6.45) is 0. The van der Waals surface area contributed by atoms with Crippen molar-refractivity contribution >= 4 is 23.5 Å². The maximum atomic E-state index is 13.4. The third kappa shape index (κ3) is 4.80. The summed E-state index contributed by atoms with van der Waals surface area (Å²) >= 11 is 5.91. The van der Waals surface area contributed by atoms with Crippen LogP contribution in [0.1, 0.15) is 34.5 Å². The number of carbonyl (C=O) groups excluding carboxylic acids is 2. The SMILES string of the molecule is Cc1ccc(C(=O)OCC(=O)N[C@H](C)c2cccc(Cl)c2)cc1F. The standard InChI is InChI=1S/C18H17ClFNO3/c1-11-6-7-14(9-16(11)20)18(23)24-10-17(22)21-12(2)13-4-3-5-15(19)8-13/h3-9,12H,10H2,1-2H3,(H,21,22)/t12-/m1/s1. The maximum Gasteiger partial charge on any atom is 0.338 e. The van der Waals surface area contributed by atoms with Crippen molar-refractivity contribution in [2.75, 3.05) is 6.61 Å². The fourth-order valence-electron chi connectivity index (χ4n) is 2.08. The van der Waals surface area contributed by atoms with Crippen LogP contribution >= 0.6 is 11.6 Å². The van der Waals surface area contributed by atoms with E-state index in [1.54, 1.807) is 32.0 Å². The molecule has 1 atom stereocenters. The Morgan fingerprint density at radius 3 is 2.67 bits per heavy atom. The van der Waals surface area contributed by atoms with E-state index in [2.05, 4.69) is 5.32 Å². The zero-order valence-electron chi connectivity index (χ0n) is 13.3. The van der Waals surface area contributed by atoms with Crippen LogP contribution in [0.2, 0.25) is 5.02 Å². The summed E-state index contributed by atoms with van der Waals surface area (Å²) in [5.74, 6) is -1.70. The van der Waals surface area contributed by atoms with Crippen LogP contribution in [0.4, 0.5) is 4.39 Å². The predicted molar refractivity (Wildman–Crippen MR) is 89.4 cm³/mol. The van der Waals surface area contributed by atoms with Gasteiger partial charge in [0.05, 0.1) is 11.6 Å². The van der Waals surface area contributed by atoms with Crippen molar-refractivity contribution in [1.29, 1.82) is 0 Å². The molecule has 0 saturated heterocycles. The minimum atomic E-state index is -0.751. The van der Waals surface area contributed by atoms with Crippen molar-refractivity contribution < 1.29 is 18.7 Å². The molecule has 0 bridgehead atoms. The summed E-state index contributed by atoms with van der Waals surface area (Å²) in [6.45, 7) is 2.94. The molecule has 1 amide bonds. The van der Waals surface area contributed by atoms with Crippen LogP contribution < -0.4 is 5.32 Å². The molecule has 0 aliphatic heterocycles. The number of aryl methyl sites for hydroxylation is 1. The number of esters is 1. The van der Waals surface area contributed by atoms with Gasteiger partial charge < -0.3 is 10.1 Å². The molecular formula is C18H17ClFNO3. The summed E-state index contributed by atoms with van der Waals surface area (Å²) in [6, 6.07) is 10.8. The molecule has 0 unspecified atom stereocenters. The van der Waals surface area contributed by atoms with Gasteiger partial charge in [-0.15, -0.1) is 0 Å². The summed E-state index contributed by atoms with van der Waals surface area (Å²) < 4.78 is 18.3. The Morgan fingerprint density at radius 1 is 1.25 bits per heavy atom. The van der Waals surface area contributed by atoms with E-state index in [4.69, 9.17) is 16.3 Å². The second kappa shape index (κ2) is 7.93. The molecule has 126 valence electrons. The smallest absolute Gasteiger partial charge is 0.338 e. The molecule has 6 heteroatoms. The van der Waals surface area contributed by atoms with E-state index in [0.717, 1.165) is 11.6 Å². The van der Waals surface area contributed by atoms with Crippen LogP contribution in [0.3, 0.4) is 0 Å². The molecule has 1 N–H and O–H groups in total. The molecule has 0 aliphatic rings. The lowest BCUT2D eigenvalue weighted by Gasteiger charge is -2.14. The Hall–Kier alpha value is -2.40. The Morgan fingerprint density at radius 2 is 2.00 bits per heavy atom. The molecule has 2 aromatic carbocycles. The Labute approximate surface area is 144 Å². The number of halogens is 2. The van der Waals surface area contributed by atoms with Gasteiger partial charge >= 0.3 is 5.97 Å². The summed E-state index contributed by atoms with van der Waals surface area (Å²) in [7, 11) is 0. The van der Waals surface area contributed by atoms with Crippen molar-refractivity contribution in [2.24, 2.45) is 0 Å². The molecule has 2 rings (SSSR count). The van der Waals surface area contributed by atoms with Crippen LogP contribution in [-0.2, 0) is 9.53 Å². The van der Waals surface area contributed by atoms with E-state index in [1.807, 2.05) is 6.07 Å². The lowest BCUT2D eigenvalue weighted by molar-refractivity contribution is -0.124. The van der Waals surface area contributed by atoms with Gasteiger partial charge in [-0.3, -0.25) is 4.79 Å². The molecule has 0 fully saturated rings. The first-order valence-electron chi connectivity index (χ1n) is 7.35. The normalized spacial score (nSPS) is 11.7. The van der Waals surface area contributed by atoms with Crippen molar-refractivity contribution in [3.8, 4) is 0 Å². The zero-order chi connectivity index (χ0) is 17.7. The molecule has 0 spiro atoms. The molecule has 0 aliphatic carbocycles. The molecule has 0 heterocycles. The summed E-state index contributed by atoms with van der Waals surface area (Å²) in [5.41, 5.74) is 1.33. The minimum absolute atomic E-state index is 0.0637. The lowest BCUT2D eigenvalue weighted by Crippen LogP contribution is -2.31. The first kappa shape index (κ1) is 17.9. The van der Waals surface area contributed by atoms with Crippen molar-refractivity contribution in [2.45, 2.75) is 19.9 Å². The monoisotopic (exact) mass is 349 g/mol. The molecule has 2 aromatic rings. The number of carbonyl (C=O) groups is 2. The molecular weight excluding hydrogens is 333 g/mol. The van der Waals surface area contributed by atoms with E-state index in [0.29, 0.717) is 10.6 Å². The highest BCUT2D eigenvalue weighted by Gasteiger charge is 2.14. The third-order valence-corrected chi connectivity index (χ3v) is 3.70. The highest BCUT2D eigenvalue weighted by atomic mass is 35.5. The molecule has 24 heavy (non-hydrogen) atoms. The van der Waals surface area contributed by atoms with Crippen molar-refractivity contribution in [3.05, 3.63) is 70.0 Å². The second-order valence-electron chi connectivity index (χ2n) is 5.38. The van der Waals surface area contributed by atoms with Crippen LogP contribution in [0.15, 0.2) is 42.5 Å². The Balaban J connectivity index is 1.88. The quantitative estimate of drug-likeness (QED) is 0.835. The number of hydrogen-bond donors (Lipinski definition) is 1. The maximum absolute atomic E-state index is 13.4. The minimum Gasteiger partial charge on any atom is -0.452 e. The number of hydrogen-bond acceptors (Lipinski definition) is 3. The molecule has 0 saturated carbocycles. The largest absolute Gasteiger partial charge is 0.452 e. The summed E-state index contributed by atoms with van der Waals surface area (Å²) in [4.78, 5) is 23.7. The number of nitrogens with one attached hydrogen (secondary N) is 1. The van der Waals surface area contributed by atoms with Crippen molar-refractivity contribution in [3.63, 3.8) is 0 Å². The average molecular weight is 350 g/mol. The van der Waals surface area contributed by atoms with E-state index in [-0.39, 0.29) is 11.6 Å². The number of ether oxygens (including phenoxy) is 1. The first-order chi connectivity index (χ1) is 11.4. The molecule has 0 aromatic heterocycles. The Kier molecular flexibility index (Phi) is 5.93. The van der Waals surface area contributed by atoms with Crippen LogP contribution in [0.25, 0.3) is 0 Å². The van der Waals surface area contributed by atoms with E-state index in [9.17, 15) is 14.0 Å². The van der Waals surface area contributed by atoms with Crippen LogP contribution in [0, 0.1) is 12.7 Å². The van der Waals surface area contributed by atoms with Gasteiger partial charge in [-0.05, 0) is 49.2 Å². The van der Waals surface area contributed by atoms with Crippen molar-refractivity contribution in [1.82, 2.24) is 5.32 Å². The van der Waals surface area contributed by atoms with Crippen LogP contribution in [-0.4, -0.2) is 18.5 Å². The van der Waals surface area contributed by atoms with Gasteiger partial charge in [-0.25, -0.2) is 9.18 Å². The summed E-state index contributed by atoms with van der Waals surface area (Å²) in [5, 5.41) is 3.27. The predicted octanol–water partition coefficient (Wildman–Crippen LogP) is 3.82. The van der Waals surface area contributed by atoms with Gasteiger partial charge in [0.1, 0.15) is 5.82 Å².